The van der Waals surface area contributed by atoms with E-state index in [0.717, 1.165) is 36.5 Å². The van der Waals surface area contributed by atoms with Crippen molar-refractivity contribution < 1.29 is 9.18 Å². The molecule has 5 rings (SSSR count). The van der Waals surface area contributed by atoms with Gasteiger partial charge in [0, 0.05) is 57.2 Å². The maximum absolute atomic E-state index is 14.1. The number of piperidine rings is 1. The monoisotopic (exact) mass is 446 g/mol. The van der Waals surface area contributed by atoms with Crippen LogP contribution in [0.1, 0.15) is 12.8 Å². The molecule has 1 atom stereocenters. The molecule has 1 unspecified atom stereocenters. The number of nitrogens with zero attached hydrogens (tertiary/aromatic N) is 6. The van der Waals surface area contributed by atoms with E-state index in [0.29, 0.717) is 38.4 Å². The molecule has 8 heteroatoms. The number of para-hydroxylation sites is 1. The fourth-order valence-corrected chi connectivity index (χ4v) is 4.68. The quantitative estimate of drug-likeness (QED) is 0.613. The number of halogens is 1. The van der Waals surface area contributed by atoms with Crippen LogP contribution in [-0.4, -0.2) is 65.3 Å². The molecular weight excluding hydrogens is 419 g/mol. The van der Waals surface area contributed by atoms with Gasteiger partial charge < -0.3 is 14.7 Å². The maximum atomic E-state index is 14.1. The molecule has 3 aromatic rings. The number of rotatable bonds is 4. The molecule has 2 aliphatic heterocycles. The van der Waals surface area contributed by atoms with Gasteiger partial charge in [0.15, 0.2) is 5.82 Å². The fourth-order valence-electron chi connectivity index (χ4n) is 4.68. The van der Waals surface area contributed by atoms with Crippen LogP contribution >= 0.6 is 0 Å². The van der Waals surface area contributed by atoms with E-state index in [2.05, 4.69) is 20.1 Å². The largest absolute Gasteiger partial charge is 0.366 e. The Balaban J connectivity index is 1.19. The van der Waals surface area contributed by atoms with E-state index in [9.17, 15) is 9.18 Å². The van der Waals surface area contributed by atoms with Gasteiger partial charge in [-0.15, -0.1) is 10.2 Å². The van der Waals surface area contributed by atoms with E-state index < -0.39 is 0 Å². The van der Waals surface area contributed by atoms with Gasteiger partial charge in [0.1, 0.15) is 5.82 Å². The maximum Gasteiger partial charge on any atom is 0.227 e. The number of hydrogen-bond acceptors (Lipinski definition) is 6. The summed E-state index contributed by atoms with van der Waals surface area (Å²) in [6.07, 6.45) is 5.32. The van der Waals surface area contributed by atoms with Gasteiger partial charge in [0.25, 0.3) is 0 Å². The Morgan fingerprint density at radius 3 is 2.48 bits per heavy atom. The fraction of sp³-hybridized carbons (Fsp3) is 0.360. The summed E-state index contributed by atoms with van der Waals surface area (Å²) < 4.78 is 14.1. The Morgan fingerprint density at radius 2 is 1.76 bits per heavy atom. The van der Waals surface area contributed by atoms with Gasteiger partial charge in [-0.1, -0.05) is 12.1 Å². The molecule has 2 saturated heterocycles. The lowest BCUT2D eigenvalue weighted by molar-refractivity contribution is -0.136. The molecule has 33 heavy (non-hydrogen) atoms. The summed E-state index contributed by atoms with van der Waals surface area (Å²) in [4.78, 5) is 23.5. The van der Waals surface area contributed by atoms with Crippen molar-refractivity contribution in [3.05, 3.63) is 66.7 Å². The van der Waals surface area contributed by atoms with E-state index in [1.165, 1.54) is 6.07 Å². The summed E-state index contributed by atoms with van der Waals surface area (Å²) in [6.45, 7) is 4.03. The second-order valence-electron chi connectivity index (χ2n) is 8.57. The Kier molecular flexibility index (Phi) is 6.15. The van der Waals surface area contributed by atoms with Gasteiger partial charge in [-0.05, 0) is 49.2 Å². The molecule has 0 radical (unpaired) electrons. The van der Waals surface area contributed by atoms with Crippen LogP contribution in [0.3, 0.4) is 0 Å². The topological polar surface area (TPSA) is 65.5 Å². The van der Waals surface area contributed by atoms with Gasteiger partial charge in [0.05, 0.1) is 17.3 Å². The van der Waals surface area contributed by atoms with Crippen LogP contribution in [0.2, 0.25) is 0 Å². The Bertz CT molecular complexity index is 1090. The molecule has 1 aromatic carbocycles. The second-order valence-corrected chi connectivity index (χ2v) is 8.57. The highest BCUT2D eigenvalue weighted by atomic mass is 19.1. The molecule has 1 amide bonds. The van der Waals surface area contributed by atoms with Gasteiger partial charge in [-0.3, -0.25) is 9.78 Å². The molecule has 0 spiro atoms. The van der Waals surface area contributed by atoms with E-state index in [4.69, 9.17) is 0 Å². The summed E-state index contributed by atoms with van der Waals surface area (Å²) in [5.74, 6) is 0.715. The average Bonchev–Trinajstić information content (AvgIpc) is 2.89. The Labute approximate surface area is 192 Å². The predicted molar refractivity (Wildman–Crippen MR) is 125 cm³/mol. The number of benzene rings is 1. The second kappa shape index (κ2) is 9.52. The van der Waals surface area contributed by atoms with E-state index in [-0.39, 0.29) is 17.6 Å². The van der Waals surface area contributed by atoms with E-state index in [1.807, 2.05) is 40.1 Å². The van der Waals surface area contributed by atoms with E-state index >= 15 is 0 Å². The summed E-state index contributed by atoms with van der Waals surface area (Å²) in [7, 11) is 0. The van der Waals surface area contributed by atoms with Crippen LogP contribution in [0, 0.1) is 11.7 Å². The van der Waals surface area contributed by atoms with E-state index in [1.54, 1.807) is 24.5 Å². The van der Waals surface area contributed by atoms with Crippen molar-refractivity contribution in [2.45, 2.75) is 12.8 Å². The standard InChI is InChI=1S/C25H27FN6O/c26-21-7-1-2-8-23(21)30-13-15-31(16-14-30)25(33)20-6-4-12-32(18-20)24-10-9-22(28-29-24)19-5-3-11-27-17-19/h1-3,5,7-11,17,20H,4,6,12-16,18H2. The number of aromatic nitrogens is 3. The van der Waals surface area contributed by atoms with Gasteiger partial charge in [-0.25, -0.2) is 4.39 Å². The lowest BCUT2D eigenvalue weighted by Gasteiger charge is -2.40. The third-order valence-corrected chi connectivity index (χ3v) is 6.49. The predicted octanol–water partition coefficient (Wildman–Crippen LogP) is 3.24. The van der Waals surface area contributed by atoms with Crippen LogP contribution in [-0.2, 0) is 4.79 Å². The SMILES string of the molecule is O=C(C1CCCN(c2ccc(-c3cccnc3)nn2)C1)N1CCN(c2ccccc2F)CC1. The molecule has 2 aliphatic rings. The van der Waals surface area contributed by atoms with Crippen molar-refractivity contribution in [1.82, 2.24) is 20.1 Å². The Morgan fingerprint density at radius 1 is 0.909 bits per heavy atom. The van der Waals surface area contributed by atoms with Crippen molar-refractivity contribution >= 4 is 17.4 Å². The first-order chi connectivity index (χ1) is 16.2. The minimum absolute atomic E-state index is 0.0569. The van der Waals surface area contributed by atoms with Crippen molar-refractivity contribution in [3.63, 3.8) is 0 Å². The van der Waals surface area contributed by atoms with Gasteiger partial charge in [-0.2, -0.15) is 0 Å². The summed E-state index contributed by atoms with van der Waals surface area (Å²) >= 11 is 0. The molecule has 0 aliphatic carbocycles. The average molecular weight is 447 g/mol. The summed E-state index contributed by atoms with van der Waals surface area (Å²) in [6, 6.07) is 14.6. The first-order valence-electron chi connectivity index (χ1n) is 11.5. The third kappa shape index (κ3) is 4.65. The normalized spacial score (nSPS) is 18.9. The molecule has 170 valence electrons. The van der Waals surface area contributed by atoms with Crippen LogP contribution < -0.4 is 9.80 Å². The van der Waals surface area contributed by atoms with Crippen LogP contribution in [0.15, 0.2) is 60.9 Å². The highest BCUT2D eigenvalue weighted by molar-refractivity contribution is 5.80. The molecule has 0 bridgehead atoms. The smallest absolute Gasteiger partial charge is 0.227 e. The number of carbonyl (C=O) groups is 1. The molecule has 4 heterocycles. The van der Waals surface area contributed by atoms with Crippen molar-refractivity contribution in [2.75, 3.05) is 49.1 Å². The van der Waals surface area contributed by atoms with Crippen LogP contribution in [0.4, 0.5) is 15.9 Å². The van der Waals surface area contributed by atoms with Crippen LogP contribution in [0.5, 0.6) is 0 Å². The van der Waals surface area contributed by atoms with Gasteiger partial charge in [0.2, 0.25) is 5.91 Å². The Hall–Kier alpha value is -3.55. The highest BCUT2D eigenvalue weighted by Gasteiger charge is 2.32. The van der Waals surface area contributed by atoms with Gasteiger partial charge >= 0.3 is 0 Å². The summed E-state index contributed by atoms with van der Waals surface area (Å²) in [5.41, 5.74) is 2.32. The van der Waals surface area contributed by atoms with Crippen molar-refractivity contribution in [2.24, 2.45) is 5.92 Å². The third-order valence-electron chi connectivity index (χ3n) is 6.49. The zero-order chi connectivity index (χ0) is 22.6. The number of pyridine rings is 1. The minimum Gasteiger partial charge on any atom is -0.366 e. The lowest BCUT2D eigenvalue weighted by atomic mass is 9.96. The zero-order valence-corrected chi connectivity index (χ0v) is 18.5. The first kappa shape index (κ1) is 21.3. The molecular formula is C25H27FN6O. The van der Waals surface area contributed by atoms with Crippen molar-refractivity contribution in [1.29, 1.82) is 0 Å². The number of hydrogen-bond donors (Lipinski definition) is 0. The van der Waals surface area contributed by atoms with Crippen LogP contribution in [0.25, 0.3) is 11.3 Å². The highest BCUT2D eigenvalue weighted by Crippen LogP contribution is 2.26. The minimum atomic E-state index is -0.212. The number of amides is 1. The molecule has 0 saturated carbocycles. The molecule has 0 N–H and O–H groups in total. The number of carbonyl (C=O) groups excluding carboxylic acids is 1. The number of anilines is 2. The molecule has 2 fully saturated rings. The molecule has 2 aromatic heterocycles. The molecule has 7 nitrogen and oxygen atoms in total. The zero-order valence-electron chi connectivity index (χ0n) is 18.5. The first-order valence-corrected chi connectivity index (χ1v) is 11.5. The van der Waals surface area contributed by atoms with Crippen molar-refractivity contribution in [3.8, 4) is 11.3 Å². The lowest BCUT2D eigenvalue weighted by Crippen LogP contribution is -2.52. The number of piperazine rings is 1. The summed E-state index contributed by atoms with van der Waals surface area (Å²) in [5, 5.41) is 8.78.